The number of H-pyrrole nitrogens is 1. The molecule has 0 aliphatic heterocycles. The van der Waals surface area contributed by atoms with Gasteiger partial charge < -0.3 is 10.7 Å². The van der Waals surface area contributed by atoms with Crippen LogP contribution in [0.4, 0.5) is 10.1 Å². The molecule has 2 aromatic carbocycles. The van der Waals surface area contributed by atoms with Gasteiger partial charge in [0.2, 0.25) is 0 Å². The van der Waals surface area contributed by atoms with Gasteiger partial charge in [0.1, 0.15) is 5.82 Å². The fourth-order valence-corrected chi connectivity index (χ4v) is 2.46. The quantitative estimate of drug-likeness (QED) is 0.557. The second-order valence-corrected chi connectivity index (χ2v) is 4.84. The van der Waals surface area contributed by atoms with Crippen molar-refractivity contribution in [3.8, 4) is 0 Å². The Morgan fingerprint density at radius 2 is 2.00 bits per heavy atom. The van der Waals surface area contributed by atoms with Gasteiger partial charge in [0.15, 0.2) is 5.78 Å². The summed E-state index contributed by atoms with van der Waals surface area (Å²) in [5.41, 5.74) is 6.80. The maximum absolute atomic E-state index is 13.8. The lowest BCUT2D eigenvalue weighted by atomic mass is 10.0. The summed E-state index contributed by atoms with van der Waals surface area (Å²) in [6.45, 7) is 0. The number of rotatable bonds is 2. The molecule has 0 radical (unpaired) electrons. The Morgan fingerprint density at radius 3 is 2.75 bits per heavy atom. The monoisotopic (exact) mass is 288 g/mol. The third-order valence-corrected chi connectivity index (χ3v) is 3.45. The molecule has 3 aromatic rings. The maximum atomic E-state index is 13.8. The number of fused-ring (bicyclic) bond motifs is 1. The van der Waals surface area contributed by atoms with E-state index >= 15 is 0 Å². The van der Waals surface area contributed by atoms with E-state index in [0.717, 1.165) is 11.6 Å². The van der Waals surface area contributed by atoms with Crippen molar-refractivity contribution in [1.82, 2.24) is 4.98 Å². The second-order valence-electron chi connectivity index (χ2n) is 4.43. The van der Waals surface area contributed by atoms with Crippen molar-refractivity contribution in [3.05, 3.63) is 64.6 Å². The van der Waals surface area contributed by atoms with Gasteiger partial charge in [-0.2, -0.15) is 0 Å². The van der Waals surface area contributed by atoms with Crippen LogP contribution in [0.3, 0.4) is 0 Å². The van der Waals surface area contributed by atoms with E-state index in [0.29, 0.717) is 16.0 Å². The highest BCUT2D eigenvalue weighted by Gasteiger charge is 2.19. The Bertz CT molecular complexity index is 826. The van der Waals surface area contributed by atoms with Crippen LogP contribution in [0.15, 0.2) is 42.6 Å². The van der Waals surface area contributed by atoms with E-state index in [4.69, 9.17) is 17.3 Å². The summed E-state index contributed by atoms with van der Waals surface area (Å²) in [5, 5.41) is 1.04. The Kier molecular flexibility index (Phi) is 2.95. The van der Waals surface area contributed by atoms with Crippen molar-refractivity contribution in [2.45, 2.75) is 0 Å². The molecule has 0 spiro atoms. The van der Waals surface area contributed by atoms with Crippen molar-refractivity contribution in [3.63, 3.8) is 0 Å². The topological polar surface area (TPSA) is 58.9 Å². The molecule has 0 fully saturated rings. The van der Waals surface area contributed by atoms with E-state index in [2.05, 4.69) is 4.98 Å². The zero-order chi connectivity index (χ0) is 14.3. The van der Waals surface area contributed by atoms with Crippen molar-refractivity contribution in [2.24, 2.45) is 0 Å². The average molecular weight is 289 g/mol. The molecule has 0 unspecified atom stereocenters. The number of aromatic amines is 1. The summed E-state index contributed by atoms with van der Waals surface area (Å²) in [6.07, 6.45) is 1.54. The number of carbonyl (C=O) groups excluding carboxylic acids is 1. The van der Waals surface area contributed by atoms with E-state index in [1.807, 2.05) is 0 Å². The largest absolute Gasteiger partial charge is 0.399 e. The minimum atomic E-state index is -0.642. The zero-order valence-electron chi connectivity index (χ0n) is 10.3. The molecule has 3 nitrogen and oxygen atoms in total. The number of anilines is 1. The lowest BCUT2D eigenvalue weighted by Crippen LogP contribution is -2.04. The molecule has 0 saturated carbocycles. The SMILES string of the molecule is Nc1ccc(C(=O)c2c[nH]c3cccc(Cl)c23)c(F)c1. The predicted molar refractivity (Wildman–Crippen MR) is 77.6 cm³/mol. The fraction of sp³-hybridized carbons (Fsp3) is 0. The van der Waals surface area contributed by atoms with Crippen LogP contribution in [0.5, 0.6) is 0 Å². The number of nitrogens with one attached hydrogen (secondary N) is 1. The van der Waals surface area contributed by atoms with Gasteiger partial charge in [0.05, 0.1) is 10.6 Å². The molecule has 1 aromatic heterocycles. The molecule has 20 heavy (non-hydrogen) atoms. The molecular formula is C15H10ClFN2O. The Balaban J connectivity index is 2.18. The molecule has 100 valence electrons. The van der Waals surface area contributed by atoms with Gasteiger partial charge in [-0.1, -0.05) is 17.7 Å². The van der Waals surface area contributed by atoms with E-state index in [1.54, 1.807) is 18.2 Å². The Morgan fingerprint density at radius 1 is 1.20 bits per heavy atom. The van der Waals surface area contributed by atoms with E-state index < -0.39 is 11.6 Å². The predicted octanol–water partition coefficient (Wildman–Crippen LogP) is 3.77. The highest BCUT2D eigenvalue weighted by Crippen LogP contribution is 2.28. The molecule has 5 heteroatoms. The molecular weight excluding hydrogens is 279 g/mol. The van der Waals surface area contributed by atoms with Gasteiger partial charge in [0.25, 0.3) is 0 Å². The average Bonchev–Trinajstić information content (AvgIpc) is 2.83. The van der Waals surface area contributed by atoms with Crippen molar-refractivity contribution >= 4 is 34.0 Å². The summed E-state index contributed by atoms with van der Waals surface area (Å²) >= 11 is 6.11. The number of aromatic nitrogens is 1. The number of nitrogens with two attached hydrogens (primary N) is 1. The molecule has 0 bridgehead atoms. The van der Waals surface area contributed by atoms with Crippen molar-refractivity contribution in [1.29, 1.82) is 0 Å². The van der Waals surface area contributed by atoms with Gasteiger partial charge in [-0.25, -0.2) is 4.39 Å². The van der Waals surface area contributed by atoms with Gasteiger partial charge >= 0.3 is 0 Å². The van der Waals surface area contributed by atoms with Crippen LogP contribution >= 0.6 is 11.6 Å². The minimum Gasteiger partial charge on any atom is -0.399 e. The third-order valence-electron chi connectivity index (χ3n) is 3.14. The van der Waals surface area contributed by atoms with Gasteiger partial charge in [-0.3, -0.25) is 4.79 Å². The third kappa shape index (κ3) is 1.94. The molecule has 0 atom stereocenters. The summed E-state index contributed by atoms with van der Waals surface area (Å²) in [7, 11) is 0. The molecule has 1 heterocycles. The first-order valence-electron chi connectivity index (χ1n) is 5.93. The van der Waals surface area contributed by atoms with Crippen LogP contribution in [-0.4, -0.2) is 10.8 Å². The minimum absolute atomic E-state index is 0.0278. The first-order chi connectivity index (χ1) is 9.58. The normalized spacial score (nSPS) is 10.9. The fourth-order valence-electron chi connectivity index (χ4n) is 2.18. The number of halogens is 2. The van der Waals surface area contributed by atoms with Crippen molar-refractivity contribution < 1.29 is 9.18 Å². The summed E-state index contributed by atoms with van der Waals surface area (Å²) in [4.78, 5) is 15.4. The number of hydrogen-bond acceptors (Lipinski definition) is 2. The van der Waals surface area contributed by atoms with Crippen molar-refractivity contribution in [2.75, 3.05) is 5.73 Å². The number of nitrogen functional groups attached to an aromatic ring is 1. The lowest BCUT2D eigenvalue weighted by Gasteiger charge is -2.03. The van der Waals surface area contributed by atoms with Crippen LogP contribution in [0.1, 0.15) is 15.9 Å². The van der Waals surface area contributed by atoms with Gasteiger partial charge in [-0.15, -0.1) is 0 Å². The van der Waals surface area contributed by atoms with Crippen LogP contribution < -0.4 is 5.73 Å². The standard InChI is InChI=1S/C15H10ClFN2O/c16-11-2-1-3-13-14(11)10(7-19-13)15(20)9-5-4-8(18)6-12(9)17/h1-7,19H,18H2. The maximum Gasteiger partial charge on any atom is 0.198 e. The van der Waals surface area contributed by atoms with Crippen LogP contribution in [0.25, 0.3) is 10.9 Å². The molecule has 0 aliphatic carbocycles. The number of benzene rings is 2. The zero-order valence-corrected chi connectivity index (χ0v) is 11.0. The van der Waals surface area contributed by atoms with Crippen LogP contribution in [0, 0.1) is 5.82 Å². The Labute approximate surface area is 119 Å². The summed E-state index contributed by atoms with van der Waals surface area (Å²) in [6, 6.07) is 9.27. The highest BCUT2D eigenvalue weighted by atomic mass is 35.5. The molecule has 0 saturated heterocycles. The molecule has 0 amide bonds. The number of carbonyl (C=O) groups is 1. The lowest BCUT2D eigenvalue weighted by molar-refractivity contribution is 0.103. The number of hydrogen-bond donors (Lipinski definition) is 2. The Hall–Kier alpha value is -2.33. The molecule has 3 N–H and O–H groups in total. The first-order valence-corrected chi connectivity index (χ1v) is 6.31. The van der Waals surface area contributed by atoms with E-state index in [9.17, 15) is 9.18 Å². The molecule has 0 aliphatic rings. The van der Waals surface area contributed by atoms with Crippen LogP contribution in [-0.2, 0) is 0 Å². The highest BCUT2D eigenvalue weighted by molar-refractivity contribution is 6.37. The molecule has 3 rings (SSSR count). The first kappa shape index (κ1) is 12.7. The van der Waals surface area contributed by atoms with Gasteiger partial charge in [0, 0.05) is 28.4 Å². The van der Waals surface area contributed by atoms with Gasteiger partial charge in [-0.05, 0) is 30.3 Å². The van der Waals surface area contributed by atoms with Crippen LogP contribution in [0.2, 0.25) is 5.02 Å². The second kappa shape index (κ2) is 4.65. The van der Waals surface area contributed by atoms with E-state index in [-0.39, 0.29) is 11.3 Å². The van der Waals surface area contributed by atoms with E-state index in [1.165, 1.54) is 18.3 Å². The number of ketones is 1. The summed E-state index contributed by atoms with van der Waals surface area (Å²) < 4.78 is 13.8. The smallest absolute Gasteiger partial charge is 0.198 e. The summed E-state index contributed by atoms with van der Waals surface area (Å²) in [5.74, 6) is -1.07.